The molecule has 1 aliphatic rings. The maximum Gasteiger partial charge on any atom is 0.410 e. The van der Waals surface area contributed by atoms with Crippen LogP contribution in [0, 0.1) is 0 Å². The van der Waals surface area contributed by atoms with Crippen LogP contribution in [0.1, 0.15) is 32.4 Å². The highest BCUT2D eigenvalue weighted by atomic mass is 35.5. The van der Waals surface area contributed by atoms with Crippen LogP contribution >= 0.6 is 11.6 Å². The van der Waals surface area contributed by atoms with Crippen molar-refractivity contribution in [3.05, 3.63) is 69.6 Å². The molecule has 0 N–H and O–H groups in total. The maximum atomic E-state index is 13.1. The summed E-state index contributed by atoms with van der Waals surface area (Å²) in [4.78, 5) is 41.0. The SMILES string of the molecule is CC(C)(C)OC(=O)N1CCN(C(=O)Cn2ccccc2=O)C(c2ccccc2Cl)C1. The smallest absolute Gasteiger partial charge is 0.410 e. The van der Waals surface area contributed by atoms with Crippen molar-refractivity contribution in [1.82, 2.24) is 14.4 Å². The standard InChI is InChI=1S/C22H26ClN3O4/c1-22(2,3)30-21(29)25-12-13-26(18(14-25)16-8-4-5-9-17(16)23)20(28)15-24-11-7-6-10-19(24)27/h4-11,18H,12-15H2,1-3H3. The summed E-state index contributed by atoms with van der Waals surface area (Å²) in [5.74, 6) is -0.211. The summed E-state index contributed by atoms with van der Waals surface area (Å²) in [6, 6.07) is 11.6. The van der Waals surface area contributed by atoms with Crippen molar-refractivity contribution in [2.24, 2.45) is 0 Å². The van der Waals surface area contributed by atoms with E-state index in [1.165, 1.54) is 10.6 Å². The van der Waals surface area contributed by atoms with Gasteiger partial charge in [-0.1, -0.05) is 35.9 Å². The van der Waals surface area contributed by atoms with E-state index in [0.717, 1.165) is 5.56 Å². The van der Waals surface area contributed by atoms with Gasteiger partial charge in [0.15, 0.2) is 0 Å². The van der Waals surface area contributed by atoms with Gasteiger partial charge in [-0.15, -0.1) is 0 Å². The topological polar surface area (TPSA) is 71.8 Å². The number of aromatic nitrogens is 1. The van der Waals surface area contributed by atoms with Crippen molar-refractivity contribution in [2.75, 3.05) is 19.6 Å². The number of piperazine rings is 1. The van der Waals surface area contributed by atoms with E-state index in [1.54, 1.807) is 34.2 Å². The number of pyridine rings is 1. The second kappa shape index (κ2) is 8.92. The highest BCUT2D eigenvalue weighted by molar-refractivity contribution is 6.31. The monoisotopic (exact) mass is 431 g/mol. The second-order valence-electron chi connectivity index (χ2n) is 8.22. The number of carbonyl (C=O) groups excluding carboxylic acids is 2. The Balaban J connectivity index is 1.86. The van der Waals surface area contributed by atoms with E-state index in [4.69, 9.17) is 16.3 Å². The molecule has 1 saturated heterocycles. The fourth-order valence-electron chi connectivity index (χ4n) is 3.41. The number of ether oxygens (including phenoxy) is 1. The van der Waals surface area contributed by atoms with E-state index in [2.05, 4.69) is 0 Å². The van der Waals surface area contributed by atoms with Crippen molar-refractivity contribution >= 4 is 23.6 Å². The first-order valence-corrected chi connectivity index (χ1v) is 10.2. The first kappa shape index (κ1) is 21.9. The molecule has 0 saturated carbocycles. The molecule has 2 heterocycles. The molecule has 2 amide bonds. The highest BCUT2D eigenvalue weighted by Crippen LogP contribution is 2.31. The predicted octanol–water partition coefficient (Wildman–Crippen LogP) is 3.32. The summed E-state index contributed by atoms with van der Waals surface area (Å²) in [6.45, 7) is 6.28. The van der Waals surface area contributed by atoms with Gasteiger partial charge in [-0.2, -0.15) is 0 Å². The van der Waals surface area contributed by atoms with Crippen molar-refractivity contribution in [1.29, 1.82) is 0 Å². The van der Waals surface area contributed by atoms with Crippen molar-refractivity contribution in [2.45, 2.75) is 39.0 Å². The maximum absolute atomic E-state index is 13.1. The zero-order chi connectivity index (χ0) is 21.9. The van der Waals surface area contributed by atoms with Crippen LogP contribution in [0.5, 0.6) is 0 Å². The number of benzene rings is 1. The normalized spacial score (nSPS) is 17.0. The van der Waals surface area contributed by atoms with E-state index in [9.17, 15) is 14.4 Å². The largest absolute Gasteiger partial charge is 0.444 e. The molecule has 1 aliphatic heterocycles. The van der Waals surface area contributed by atoms with Crippen molar-refractivity contribution < 1.29 is 14.3 Å². The molecule has 1 aromatic carbocycles. The minimum atomic E-state index is -0.613. The lowest BCUT2D eigenvalue weighted by Gasteiger charge is -2.42. The molecule has 8 heteroatoms. The Morgan fingerprint density at radius 2 is 1.80 bits per heavy atom. The minimum Gasteiger partial charge on any atom is -0.444 e. The van der Waals surface area contributed by atoms with Crippen LogP contribution in [0.15, 0.2) is 53.5 Å². The molecular weight excluding hydrogens is 406 g/mol. The molecule has 0 spiro atoms. The molecule has 2 aromatic rings. The molecule has 3 rings (SSSR count). The van der Waals surface area contributed by atoms with Gasteiger partial charge in [-0.25, -0.2) is 4.79 Å². The van der Waals surface area contributed by atoms with E-state index < -0.39 is 17.7 Å². The number of hydrogen-bond donors (Lipinski definition) is 0. The zero-order valence-corrected chi connectivity index (χ0v) is 18.1. The van der Waals surface area contributed by atoms with Crippen LogP contribution in [0.3, 0.4) is 0 Å². The lowest BCUT2D eigenvalue weighted by atomic mass is 10.0. The van der Waals surface area contributed by atoms with Gasteiger partial charge < -0.3 is 19.1 Å². The molecule has 7 nitrogen and oxygen atoms in total. The predicted molar refractivity (Wildman–Crippen MR) is 114 cm³/mol. The average molecular weight is 432 g/mol. The zero-order valence-electron chi connectivity index (χ0n) is 17.4. The lowest BCUT2D eigenvalue weighted by Crippen LogP contribution is -2.54. The summed E-state index contributed by atoms with van der Waals surface area (Å²) in [5.41, 5.74) is -0.105. The highest BCUT2D eigenvalue weighted by Gasteiger charge is 2.36. The number of rotatable bonds is 3. The van der Waals surface area contributed by atoms with Crippen LogP contribution < -0.4 is 5.56 Å². The van der Waals surface area contributed by atoms with Crippen LogP contribution in [-0.2, 0) is 16.1 Å². The van der Waals surface area contributed by atoms with Gasteiger partial charge in [0.2, 0.25) is 5.91 Å². The Bertz CT molecular complexity index is 983. The van der Waals surface area contributed by atoms with Gasteiger partial charge in [0, 0.05) is 36.9 Å². The number of nitrogens with zero attached hydrogens (tertiary/aromatic N) is 3. The summed E-state index contributed by atoms with van der Waals surface area (Å²) >= 11 is 6.42. The first-order valence-electron chi connectivity index (χ1n) is 9.83. The quantitative estimate of drug-likeness (QED) is 0.747. The molecule has 30 heavy (non-hydrogen) atoms. The summed E-state index contributed by atoms with van der Waals surface area (Å²) < 4.78 is 6.87. The van der Waals surface area contributed by atoms with Gasteiger partial charge in [-0.3, -0.25) is 9.59 Å². The van der Waals surface area contributed by atoms with Crippen molar-refractivity contribution in [3.63, 3.8) is 0 Å². The first-order chi connectivity index (χ1) is 14.2. The van der Waals surface area contributed by atoms with E-state index in [0.29, 0.717) is 18.1 Å². The average Bonchev–Trinajstić information content (AvgIpc) is 2.68. The minimum absolute atomic E-state index is 0.0763. The van der Waals surface area contributed by atoms with Gasteiger partial charge in [0.1, 0.15) is 12.1 Å². The lowest BCUT2D eigenvalue weighted by molar-refractivity contribution is -0.137. The molecule has 0 bridgehead atoms. The molecule has 160 valence electrons. The molecule has 1 aromatic heterocycles. The second-order valence-corrected chi connectivity index (χ2v) is 8.62. The van der Waals surface area contributed by atoms with Crippen LogP contribution in [0.2, 0.25) is 5.02 Å². The number of carbonyl (C=O) groups is 2. The molecule has 1 fully saturated rings. The van der Waals surface area contributed by atoms with Gasteiger partial charge in [0.05, 0.1) is 6.04 Å². The molecule has 0 aliphatic carbocycles. The van der Waals surface area contributed by atoms with Gasteiger partial charge in [0.25, 0.3) is 5.56 Å². The van der Waals surface area contributed by atoms with Crippen molar-refractivity contribution in [3.8, 4) is 0 Å². The van der Waals surface area contributed by atoms with E-state index in [1.807, 2.05) is 39.0 Å². The molecule has 0 radical (unpaired) electrons. The third-order valence-electron chi connectivity index (χ3n) is 4.82. The molecule has 1 atom stereocenters. The Kier molecular flexibility index (Phi) is 6.51. The summed E-state index contributed by atoms with van der Waals surface area (Å²) in [7, 11) is 0. The Hall–Kier alpha value is -2.80. The third-order valence-corrected chi connectivity index (χ3v) is 5.17. The Labute approximate surface area is 180 Å². The Morgan fingerprint density at radius 3 is 2.47 bits per heavy atom. The fraction of sp³-hybridized carbons (Fsp3) is 0.409. The summed E-state index contributed by atoms with van der Waals surface area (Å²) in [6.07, 6.45) is 1.16. The van der Waals surface area contributed by atoms with Crippen LogP contribution in [0.4, 0.5) is 4.79 Å². The van der Waals surface area contributed by atoms with Gasteiger partial charge >= 0.3 is 6.09 Å². The summed E-state index contributed by atoms with van der Waals surface area (Å²) in [5, 5.41) is 0.517. The van der Waals surface area contributed by atoms with Crippen LogP contribution in [0.25, 0.3) is 0 Å². The molecule has 1 unspecified atom stereocenters. The van der Waals surface area contributed by atoms with E-state index >= 15 is 0 Å². The fourth-order valence-corrected chi connectivity index (χ4v) is 3.67. The molecular formula is C22H26ClN3O4. The Morgan fingerprint density at radius 1 is 1.10 bits per heavy atom. The van der Waals surface area contributed by atoms with Crippen LogP contribution in [-0.4, -0.2) is 51.6 Å². The number of amides is 2. The number of hydrogen-bond acceptors (Lipinski definition) is 4. The number of halogens is 1. The third kappa shape index (κ3) is 5.21. The van der Waals surface area contributed by atoms with E-state index in [-0.39, 0.29) is 24.6 Å². The van der Waals surface area contributed by atoms with Gasteiger partial charge in [-0.05, 0) is 38.5 Å².